The van der Waals surface area contributed by atoms with Crippen molar-refractivity contribution in [2.45, 2.75) is 24.8 Å². The maximum Gasteiger partial charge on any atom is 0.285 e. The van der Waals surface area contributed by atoms with E-state index in [1.54, 1.807) is 24.4 Å². The summed E-state index contributed by atoms with van der Waals surface area (Å²) in [6, 6.07) is 5.08. The maximum absolute atomic E-state index is 12.8. The summed E-state index contributed by atoms with van der Waals surface area (Å²) in [6.07, 6.45) is 2.58. The van der Waals surface area contributed by atoms with Crippen LogP contribution in [0.3, 0.4) is 0 Å². The molecule has 0 aromatic carbocycles. The highest BCUT2D eigenvalue weighted by Gasteiger charge is 2.40. The lowest BCUT2D eigenvalue weighted by Gasteiger charge is -2.16. The highest BCUT2D eigenvalue weighted by atomic mass is 35.5. The van der Waals surface area contributed by atoms with Crippen LogP contribution in [0.25, 0.3) is 5.65 Å². The first-order chi connectivity index (χ1) is 9.95. The molecule has 8 heteroatoms. The van der Waals surface area contributed by atoms with Gasteiger partial charge in [0.05, 0.1) is 0 Å². The summed E-state index contributed by atoms with van der Waals surface area (Å²) in [4.78, 5) is 16.0. The van der Waals surface area contributed by atoms with Crippen molar-refractivity contribution < 1.29 is 13.2 Å². The van der Waals surface area contributed by atoms with Gasteiger partial charge in [0.15, 0.2) is 10.2 Å². The molecule has 1 atom stereocenters. The lowest BCUT2D eigenvalue weighted by Crippen LogP contribution is -2.33. The number of carbonyl (C=O) groups is 1. The van der Waals surface area contributed by atoms with E-state index in [1.807, 2.05) is 6.92 Å². The number of fused-ring (bicyclic) bond motifs is 1. The van der Waals surface area contributed by atoms with E-state index in [0.29, 0.717) is 5.65 Å². The number of amides is 1. The number of nitrogens with zero attached hydrogens (tertiary/aromatic N) is 3. The molecule has 3 rings (SSSR count). The first-order valence-corrected chi connectivity index (χ1v) is 8.45. The van der Waals surface area contributed by atoms with Crippen LogP contribution >= 0.6 is 11.6 Å². The number of pyridine rings is 1. The highest BCUT2D eigenvalue weighted by molar-refractivity contribution is 7.89. The molecule has 1 fully saturated rings. The number of carbonyl (C=O) groups excluding carboxylic acids is 1. The van der Waals surface area contributed by atoms with Crippen molar-refractivity contribution in [1.82, 2.24) is 13.7 Å². The van der Waals surface area contributed by atoms with Crippen LogP contribution in [0.5, 0.6) is 0 Å². The van der Waals surface area contributed by atoms with Crippen molar-refractivity contribution in [1.29, 1.82) is 0 Å². The summed E-state index contributed by atoms with van der Waals surface area (Å²) in [5, 5.41) is -0.265. The number of imidazole rings is 1. The molecule has 0 aliphatic carbocycles. The topological polar surface area (TPSA) is 71.8 Å². The Balaban J connectivity index is 2.13. The molecule has 2 aromatic heterocycles. The molecule has 3 heterocycles. The van der Waals surface area contributed by atoms with Crippen LogP contribution in [-0.2, 0) is 14.8 Å². The smallest absolute Gasteiger partial charge is 0.285 e. The molecule has 1 aliphatic rings. The Kier molecular flexibility index (Phi) is 3.41. The van der Waals surface area contributed by atoms with Gasteiger partial charge in [-0.1, -0.05) is 31.0 Å². The Hall–Kier alpha value is -1.60. The van der Waals surface area contributed by atoms with E-state index in [-0.39, 0.29) is 35.0 Å². The molecule has 6 nitrogen and oxygen atoms in total. The number of rotatable bonds is 3. The minimum Gasteiger partial charge on any atom is -0.288 e. The van der Waals surface area contributed by atoms with E-state index in [2.05, 4.69) is 4.98 Å². The summed E-state index contributed by atoms with van der Waals surface area (Å²) in [7, 11) is -3.99. The third-order valence-corrected chi connectivity index (χ3v) is 5.91. The monoisotopic (exact) mass is 327 g/mol. The van der Waals surface area contributed by atoms with E-state index < -0.39 is 10.0 Å². The number of halogens is 1. The molecule has 1 saturated heterocycles. The Labute approximate surface area is 127 Å². The van der Waals surface area contributed by atoms with Gasteiger partial charge < -0.3 is 0 Å². The van der Waals surface area contributed by atoms with Crippen molar-refractivity contribution in [2.75, 3.05) is 6.54 Å². The molecule has 0 spiro atoms. The predicted molar refractivity (Wildman–Crippen MR) is 77.5 cm³/mol. The van der Waals surface area contributed by atoms with Gasteiger partial charge in [-0.3, -0.25) is 9.20 Å². The zero-order valence-corrected chi connectivity index (χ0v) is 12.9. The molecule has 0 saturated carbocycles. The van der Waals surface area contributed by atoms with Crippen molar-refractivity contribution in [3.05, 3.63) is 29.5 Å². The molecule has 0 N–H and O–H groups in total. The molecule has 21 heavy (non-hydrogen) atoms. The fraction of sp³-hybridized carbons (Fsp3) is 0.385. The Bertz CT molecular complexity index is 815. The summed E-state index contributed by atoms with van der Waals surface area (Å²) < 4.78 is 27.8. The van der Waals surface area contributed by atoms with Crippen LogP contribution < -0.4 is 0 Å². The highest BCUT2D eigenvalue weighted by Crippen LogP contribution is 2.31. The van der Waals surface area contributed by atoms with Crippen molar-refractivity contribution >= 4 is 33.2 Å². The maximum atomic E-state index is 12.8. The molecule has 112 valence electrons. The van der Waals surface area contributed by atoms with E-state index in [1.165, 1.54) is 4.40 Å². The van der Waals surface area contributed by atoms with Gasteiger partial charge >= 0.3 is 0 Å². The lowest BCUT2D eigenvalue weighted by atomic mass is 10.1. The van der Waals surface area contributed by atoms with Gasteiger partial charge in [-0.25, -0.2) is 9.29 Å². The van der Waals surface area contributed by atoms with Gasteiger partial charge in [-0.05, 0) is 18.1 Å². The SMILES string of the molecule is CCC1CC(=O)N(S(=O)(=O)c2c(Cl)nc3ccccn23)C1. The van der Waals surface area contributed by atoms with Gasteiger partial charge in [-0.15, -0.1) is 0 Å². The second kappa shape index (κ2) is 4.99. The average molecular weight is 328 g/mol. The quantitative estimate of drug-likeness (QED) is 0.863. The summed E-state index contributed by atoms with van der Waals surface area (Å²) in [5.74, 6) is -0.325. The molecule has 0 bridgehead atoms. The van der Waals surface area contributed by atoms with Crippen LogP contribution in [0.15, 0.2) is 29.4 Å². The standard InChI is InChI=1S/C13H14ClN3O3S/c1-2-9-7-11(18)17(8-9)21(19,20)13-12(14)15-10-5-3-4-6-16(10)13/h3-6,9H,2,7-8H2,1H3. The van der Waals surface area contributed by atoms with Crippen molar-refractivity contribution in [3.63, 3.8) is 0 Å². The van der Waals surface area contributed by atoms with Crippen LogP contribution in [0.4, 0.5) is 0 Å². The molecule has 2 aromatic rings. The summed E-state index contributed by atoms with van der Waals surface area (Å²) >= 11 is 6.00. The lowest BCUT2D eigenvalue weighted by molar-refractivity contribution is -0.123. The average Bonchev–Trinajstić information content (AvgIpc) is 2.98. The zero-order valence-electron chi connectivity index (χ0n) is 11.4. The molecule has 1 unspecified atom stereocenters. The minimum atomic E-state index is -3.99. The fourth-order valence-corrected chi connectivity index (χ4v) is 4.63. The third kappa shape index (κ3) is 2.20. The number of sulfonamides is 1. The second-order valence-electron chi connectivity index (χ2n) is 5.04. The molecule has 1 amide bonds. The minimum absolute atomic E-state index is 0.0604. The first kappa shape index (κ1) is 14.3. The van der Waals surface area contributed by atoms with Gasteiger partial charge in [0, 0.05) is 19.2 Å². The van der Waals surface area contributed by atoms with Gasteiger partial charge in [-0.2, -0.15) is 8.42 Å². The van der Waals surface area contributed by atoms with E-state index in [4.69, 9.17) is 11.6 Å². The van der Waals surface area contributed by atoms with Crippen LogP contribution in [0, 0.1) is 5.92 Å². The molecule has 0 radical (unpaired) electrons. The molecule has 1 aliphatic heterocycles. The number of aromatic nitrogens is 2. The predicted octanol–water partition coefficient (Wildman–Crippen LogP) is 1.93. The fourth-order valence-electron chi connectivity index (χ4n) is 2.54. The van der Waals surface area contributed by atoms with Gasteiger partial charge in [0.2, 0.25) is 5.91 Å². The molecular formula is C13H14ClN3O3S. The number of hydrogen-bond acceptors (Lipinski definition) is 4. The summed E-state index contributed by atoms with van der Waals surface area (Å²) in [6.45, 7) is 2.14. The third-order valence-electron chi connectivity index (χ3n) is 3.72. The normalized spacial score (nSPS) is 19.6. The second-order valence-corrected chi connectivity index (χ2v) is 7.18. The van der Waals surface area contributed by atoms with Crippen LogP contribution in [-0.4, -0.2) is 34.6 Å². The van der Waals surface area contributed by atoms with Gasteiger partial charge in [0.1, 0.15) is 5.65 Å². The van der Waals surface area contributed by atoms with Gasteiger partial charge in [0.25, 0.3) is 10.0 Å². The van der Waals surface area contributed by atoms with Crippen molar-refractivity contribution in [3.8, 4) is 0 Å². The Morgan fingerprint density at radius 1 is 1.43 bits per heavy atom. The van der Waals surface area contributed by atoms with Crippen LogP contribution in [0.1, 0.15) is 19.8 Å². The Morgan fingerprint density at radius 3 is 2.86 bits per heavy atom. The van der Waals surface area contributed by atoms with E-state index in [0.717, 1.165) is 10.7 Å². The van der Waals surface area contributed by atoms with Crippen LogP contribution in [0.2, 0.25) is 5.15 Å². The summed E-state index contributed by atoms with van der Waals surface area (Å²) in [5.41, 5.74) is 0.430. The van der Waals surface area contributed by atoms with Crippen molar-refractivity contribution in [2.24, 2.45) is 5.92 Å². The number of hydrogen-bond donors (Lipinski definition) is 0. The van der Waals surface area contributed by atoms with E-state index in [9.17, 15) is 13.2 Å². The van der Waals surface area contributed by atoms with E-state index >= 15 is 0 Å². The Morgan fingerprint density at radius 2 is 2.19 bits per heavy atom. The zero-order chi connectivity index (χ0) is 15.2. The first-order valence-electron chi connectivity index (χ1n) is 6.63. The largest absolute Gasteiger partial charge is 0.288 e. The molecular weight excluding hydrogens is 314 g/mol.